The smallest absolute Gasteiger partial charge is 0.147 e. The highest BCUT2D eigenvalue weighted by Gasteiger charge is 2.14. The summed E-state index contributed by atoms with van der Waals surface area (Å²) in [7, 11) is -2.97. The zero-order valence-electron chi connectivity index (χ0n) is 9.87. The molecule has 2 rings (SSSR count). The third kappa shape index (κ3) is 3.61. The van der Waals surface area contributed by atoms with Crippen LogP contribution in [0.3, 0.4) is 0 Å². The summed E-state index contributed by atoms with van der Waals surface area (Å²) in [4.78, 5) is 4.46. The molecular weight excluding hydrogens is 288 g/mol. The lowest BCUT2D eigenvalue weighted by Crippen LogP contribution is -2.15. The summed E-state index contributed by atoms with van der Waals surface area (Å²) in [5.41, 5.74) is 7.81. The summed E-state index contributed by atoms with van der Waals surface area (Å²) in [6, 6.07) is 1.69. The van der Waals surface area contributed by atoms with Crippen LogP contribution in [0.4, 0.5) is 0 Å². The maximum atomic E-state index is 11.1. The Morgan fingerprint density at radius 3 is 2.83 bits per heavy atom. The molecule has 7 heteroatoms. The van der Waals surface area contributed by atoms with Crippen LogP contribution >= 0.6 is 22.7 Å². The minimum absolute atomic E-state index is 0.0967. The van der Waals surface area contributed by atoms with Gasteiger partial charge in [0.1, 0.15) is 14.8 Å². The van der Waals surface area contributed by atoms with E-state index in [-0.39, 0.29) is 11.8 Å². The minimum atomic E-state index is -2.97. The second-order valence-electron chi connectivity index (χ2n) is 4.11. The predicted octanol–water partition coefficient (Wildman–Crippen LogP) is 2.31. The number of thiophene rings is 1. The molecule has 4 nitrogen and oxygen atoms in total. The third-order valence-electron chi connectivity index (χ3n) is 2.47. The van der Waals surface area contributed by atoms with E-state index in [2.05, 4.69) is 4.98 Å². The molecule has 0 bridgehead atoms. The molecule has 0 saturated heterocycles. The maximum Gasteiger partial charge on any atom is 0.147 e. The Bertz CT molecular complexity index is 602. The van der Waals surface area contributed by atoms with E-state index in [0.29, 0.717) is 6.42 Å². The van der Waals surface area contributed by atoms with Crippen molar-refractivity contribution in [2.24, 2.45) is 5.73 Å². The van der Waals surface area contributed by atoms with Gasteiger partial charge >= 0.3 is 0 Å². The van der Waals surface area contributed by atoms with E-state index in [4.69, 9.17) is 5.73 Å². The van der Waals surface area contributed by atoms with Gasteiger partial charge in [-0.05, 0) is 17.9 Å². The molecule has 18 heavy (non-hydrogen) atoms. The van der Waals surface area contributed by atoms with Crippen LogP contribution in [0.5, 0.6) is 0 Å². The molecule has 0 aliphatic carbocycles. The molecule has 0 aliphatic heterocycles. The number of hydrogen-bond acceptors (Lipinski definition) is 6. The standard InChI is InChI=1S/C11H14N2O2S3/c1-18(14,15)5-3-9(12)10-7-17-11(13-10)8-2-4-16-6-8/h2,4,6-7,9H,3,5,12H2,1H3. The Morgan fingerprint density at radius 1 is 1.44 bits per heavy atom. The summed E-state index contributed by atoms with van der Waals surface area (Å²) in [5.74, 6) is 0.0967. The fraction of sp³-hybridized carbons (Fsp3) is 0.364. The average Bonchev–Trinajstić information content (AvgIpc) is 2.94. The van der Waals surface area contributed by atoms with Crippen molar-refractivity contribution in [1.29, 1.82) is 0 Å². The lowest BCUT2D eigenvalue weighted by molar-refractivity contribution is 0.590. The van der Waals surface area contributed by atoms with E-state index in [1.807, 2.05) is 22.2 Å². The van der Waals surface area contributed by atoms with Crippen LogP contribution in [-0.4, -0.2) is 25.4 Å². The molecular formula is C11H14N2O2S3. The number of thiazole rings is 1. The molecule has 0 spiro atoms. The first kappa shape index (κ1) is 13.7. The van der Waals surface area contributed by atoms with Crippen molar-refractivity contribution in [3.05, 3.63) is 27.9 Å². The second-order valence-corrected chi connectivity index (χ2v) is 8.01. The van der Waals surface area contributed by atoms with Crippen molar-refractivity contribution >= 4 is 32.5 Å². The van der Waals surface area contributed by atoms with Gasteiger partial charge in [-0.25, -0.2) is 13.4 Å². The van der Waals surface area contributed by atoms with Crippen LogP contribution in [0, 0.1) is 0 Å². The lowest BCUT2D eigenvalue weighted by atomic mass is 10.2. The van der Waals surface area contributed by atoms with E-state index in [1.54, 1.807) is 11.3 Å². The molecule has 0 fully saturated rings. The molecule has 0 aromatic carbocycles. The molecule has 0 amide bonds. The molecule has 2 aromatic rings. The van der Waals surface area contributed by atoms with E-state index in [1.165, 1.54) is 17.6 Å². The first-order valence-electron chi connectivity index (χ1n) is 5.37. The van der Waals surface area contributed by atoms with Gasteiger partial charge < -0.3 is 5.73 Å². The zero-order valence-corrected chi connectivity index (χ0v) is 12.3. The fourth-order valence-electron chi connectivity index (χ4n) is 1.46. The average molecular weight is 302 g/mol. The normalized spacial score (nSPS) is 13.7. The fourth-order valence-corrected chi connectivity index (χ4v) is 3.74. The summed E-state index contributed by atoms with van der Waals surface area (Å²) >= 11 is 3.16. The number of rotatable bonds is 5. The van der Waals surface area contributed by atoms with Crippen molar-refractivity contribution < 1.29 is 8.42 Å². The Kier molecular flexibility index (Phi) is 4.16. The van der Waals surface area contributed by atoms with E-state index in [0.717, 1.165) is 16.3 Å². The first-order chi connectivity index (χ1) is 8.46. The first-order valence-corrected chi connectivity index (χ1v) is 9.25. The van der Waals surface area contributed by atoms with Crippen molar-refractivity contribution in [3.63, 3.8) is 0 Å². The molecule has 2 heterocycles. The van der Waals surface area contributed by atoms with Gasteiger partial charge in [-0.1, -0.05) is 0 Å². The predicted molar refractivity (Wildman–Crippen MR) is 76.7 cm³/mol. The Balaban J connectivity index is 2.06. The van der Waals surface area contributed by atoms with Gasteiger partial charge in [0.2, 0.25) is 0 Å². The number of aromatic nitrogens is 1. The highest BCUT2D eigenvalue weighted by atomic mass is 32.2. The van der Waals surface area contributed by atoms with E-state index < -0.39 is 9.84 Å². The van der Waals surface area contributed by atoms with Gasteiger partial charge in [0.25, 0.3) is 0 Å². The topological polar surface area (TPSA) is 73.0 Å². The number of nitrogens with zero attached hydrogens (tertiary/aromatic N) is 1. The van der Waals surface area contributed by atoms with Crippen LogP contribution in [-0.2, 0) is 9.84 Å². The Hall–Kier alpha value is -0.760. The van der Waals surface area contributed by atoms with Gasteiger partial charge in [0, 0.05) is 28.6 Å². The summed E-state index contributed by atoms with van der Waals surface area (Å²) < 4.78 is 22.2. The van der Waals surface area contributed by atoms with Crippen LogP contribution in [0.15, 0.2) is 22.2 Å². The maximum absolute atomic E-state index is 11.1. The van der Waals surface area contributed by atoms with Crippen molar-refractivity contribution in [2.75, 3.05) is 12.0 Å². The highest BCUT2D eigenvalue weighted by Crippen LogP contribution is 2.28. The SMILES string of the molecule is CS(=O)(=O)CCC(N)c1csc(-c2ccsc2)n1. The van der Waals surface area contributed by atoms with Crippen molar-refractivity contribution in [3.8, 4) is 10.6 Å². The Labute approximate surface area is 114 Å². The molecule has 2 aromatic heterocycles. The zero-order chi connectivity index (χ0) is 13.2. The van der Waals surface area contributed by atoms with Gasteiger partial charge in [-0.3, -0.25) is 0 Å². The number of nitrogens with two attached hydrogens (primary N) is 1. The van der Waals surface area contributed by atoms with Crippen LogP contribution < -0.4 is 5.73 Å². The minimum Gasteiger partial charge on any atom is -0.323 e. The Morgan fingerprint density at radius 2 is 2.22 bits per heavy atom. The molecule has 2 N–H and O–H groups in total. The van der Waals surface area contributed by atoms with Gasteiger partial charge in [0.15, 0.2) is 0 Å². The van der Waals surface area contributed by atoms with Crippen molar-refractivity contribution in [2.45, 2.75) is 12.5 Å². The van der Waals surface area contributed by atoms with Gasteiger partial charge in [-0.15, -0.1) is 11.3 Å². The molecule has 1 atom stereocenters. The monoisotopic (exact) mass is 302 g/mol. The third-order valence-corrected chi connectivity index (χ3v) is 5.04. The van der Waals surface area contributed by atoms with Crippen LogP contribution in [0.2, 0.25) is 0 Å². The second kappa shape index (κ2) is 5.48. The molecule has 0 saturated carbocycles. The van der Waals surface area contributed by atoms with E-state index in [9.17, 15) is 8.42 Å². The summed E-state index contributed by atoms with van der Waals surface area (Å²) in [5, 5.41) is 6.87. The molecule has 0 aliphatic rings. The van der Waals surface area contributed by atoms with Gasteiger partial charge in [0.05, 0.1) is 11.4 Å². The van der Waals surface area contributed by atoms with Crippen LogP contribution in [0.25, 0.3) is 10.6 Å². The largest absolute Gasteiger partial charge is 0.323 e. The quantitative estimate of drug-likeness (QED) is 0.920. The van der Waals surface area contributed by atoms with Crippen LogP contribution in [0.1, 0.15) is 18.2 Å². The molecule has 98 valence electrons. The number of hydrogen-bond donors (Lipinski definition) is 1. The van der Waals surface area contributed by atoms with Crippen molar-refractivity contribution in [1.82, 2.24) is 4.98 Å². The molecule has 0 radical (unpaired) electrons. The lowest BCUT2D eigenvalue weighted by Gasteiger charge is -2.07. The summed E-state index contributed by atoms with van der Waals surface area (Å²) in [6.45, 7) is 0. The van der Waals surface area contributed by atoms with E-state index >= 15 is 0 Å². The number of sulfone groups is 1. The van der Waals surface area contributed by atoms with Gasteiger partial charge in [-0.2, -0.15) is 11.3 Å². The summed E-state index contributed by atoms with van der Waals surface area (Å²) in [6.07, 6.45) is 1.63. The molecule has 1 unspecified atom stereocenters. The highest BCUT2D eigenvalue weighted by molar-refractivity contribution is 7.90.